The molecule has 2 aliphatic rings. The summed E-state index contributed by atoms with van der Waals surface area (Å²) < 4.78 is 0. The number of likely N-dealkylation sites (tertiary alicyclic amines) is 1. The van der Waals surface area contributed by atoms with E-state index in [1.165, 1.54) is 45.7 Å². The fourth-order valence-corrected chi connectivity index (χ4v) is 3.15. The number of piperazine rings is 1. The highest BCUT2D eigenvalue weighted by Crippen LogP contribution is 2.19. The van der Waals surface area contributed by atoms with Gasteiger partial charge in [0.25, 0.3) is 0 Å². The van der Waals surface area contributed by atoms with E-state index in [0.29, 0.717) is 6.04 Å². The van der Waals surface area contributed by atoms with Crippen LogP contribution in [-0.4, -0.2) is 72.1 Å². The highest BCUT2D eigenvalue weighted by atomic mass is 15.3. The summed E-state index contributed by atoms with van der Waals surface area (Å²) in [5.74, 6) is 0. The van der Waals surface area contributed by atoms with Crippen molar-refractivity contribution in [1.82, 2.24) is 14.7 Å². The molecule has 0 bridgehead atoms. The first-order valence-corrected chi connectivity index (χ1v) is 7.30. The molecule has 0 spiro atoms. The predicted octanol–water partition coefficient (Wildman–Crippen LogP) is 1.50. The van der Waals surface area contributed by atoms with E-state index in [9.17, 15) is 0 Å². The van der Waals surface area contributed by atoms with E-state index in [4.69, 9.17) is 0 Å². The van der Waals surface area contributed by atoms with Gasteiger partial charge in [-0.25, -0.2) is 0 Å². The summed E-state index contributed by atoms with van der Waals surface area (Å²) in [6, 6.07) is 2.26. The quantitative estimate of drug-likeness (QED) is 0.739. The molecule has 0 N–H and O–H groups in total. The van der Waals surface area contributed by atoms with Gasteiger partial charge < -0.3 is 0 Å². The van der Waals surface area contributed by atoms with Crippen molar-refractivity contribution in [3.63, 3.8) is 0 Å². The maximum atomic E-state index is 2.72. The lowest BCUT2D eigenvalue weighted by Crippen LogP contribution is -2.52. The second kappa shape index (κ2) is 5.68. The molecule has 2 heterocycles. The molecule has 0 aromatic carbocycles. The average molecular weight is 239 g/mol. The summed E-state index contributed by atoms with van der Waals surface area (Å²) in [5, 5.41) is 0. The maximum Gasteiger partial charge on any atom is 0.0236 e. The van der Waals surface area contributed by atoms with Crippen molar-refractivity contribution in [2.24, 2.45) is 0 Å². The summed E-state index contributed by atoms with van der Waals surface area (Å²) in [6.45, 7) is 16.9. The monoisotopic (exact) mass is 239 g/mol. The molecule has 0 aromatic heterocycles. The van der Waals surface area contributed by atoms with E-state index in [-0.39, 0.29) is 0 Å². The van der Waals surface area contributed by atoms with E-state index < -0.39 is 0 Å². The van der Waals surface area contributed by atoms with Crippen molar-refractivity contribution in [3.05, 3.63) is 0 Å². The Morgan fingerprint density at radius 3 is 1.82 bits per heavy atom. The summed E-state index contributed by atoms with van der Waals surface area (Å²) >= 11 is 0. The third-order valence-electron chi connectivity index (χ3n) is 4.52. The van der Waals surface area contributed by atoms with Gasteiger partial charge in [-0.2, -0.15) is 0 Å². The summed E-state index contributed by atoms with van der Waals surface area (Å²) in [4.78, 5) is 7.95. The van der Waals surface area contributed by atoms with Crippen LogP contribution in [0.1, 0.15) is 34.1 Å². The van der Waals surface area contributed by atoms with Crippen molar-refractivity contribution in [2.75, 3.05) is 39.3 Å². The standard InChI is InChI=1S/C14H29N3/c1-12(2)15-7-9-16(10-8-15)14-5-6-17(11-14)13(3)4/h12-14H,5-11H2,1-4H3/t14-/m1/s1. The molecule has 0 radical (unpaired) electrons. The van der Waals surface area contributed by atoms with Gasteiger partial charge >= 0.3 is 0 Å². The van der Waals surface area contributed by atoms with Crippen molar-refractivity contribution < 1.29 is 0 Å². The molecule has 0 unspecified atom stereocenters. The molecule has 0 aliphatic carbocycles. The molecule has 2 rings (SSSR count). The molecule has 2 fully saturated rings. The maximum absolute atomic E-state index is 2.72. The SMILES string of the molecule is CC(C)N1CCN([C@@H]2CCN(C(C)C)C2)CC1. The zero-order valence-electron chi connectivity index (χ0n) is 12.0. The van der Waals surface area contributed by atoms with Crippen LogP contribution in [0.25, 0.3) is 0 Å². The first-order chi connectivity index (χ1) is 8.08. The van der Waals surface area contributed by atoms with Gasteiger partial charge in [0.05, 0.1) is 0 Å². The topological polar surface area (TPSA) is 9.72 Å². The number of rotatable bonds is 3. The molecule has 2 aliphatic heterocycles. The lowest BCUT2D eigenvalue weighted by atomic mass is 10.1. The molecular weight excluding hydrogens is 210 g/mol. The molecule has 100 valence electrons. The first kappa shape index (κ1) is 13.3. The summed E-state index contributed by atoms with van der Waals surface area (Å²) in [5.41, 5.74) is 0. The van der Waals surface area contributed by atoms with Crippen molar-refractivity contribution in [1.29, 1.82) is 0 Å². The Balaban J connectivity index is 1.78. The Morgan fingerprint density at radius 1 is 0.765 bits per heavy atom. The van der Waals surface area contributed by atoms with E-state index in [2.05, 4.69) is 42.4 Å². The van der Waals surface area contributed by atoms with E-state index in [1.54, 1.807) is 0 Å². The van der Waals surface area contributed by atoms with Gasteiger partial charge in [0.2, 0.25) is 0 Å². The average Bonchev–Trinajstić information content (AvgIpc) is 2.78. The van der Waals surface area contributed by atoms with Gasteiger partial charge in [-0.1, -0.05) is 0 Å². The van der Waals surface area contributed by atoms with Crippen LogP contribution in [0, 0.1) is 0 Å². The smallest absolute Gasteiger partial charge is 0.0236 e. The summed E-state index contributed by atoms with van der Waals surface area (Å²) in [7, 11) is 0. The largest absolute Gasteiger partial charge is 0.299 e. The van der Waals surface area contributed by atoms with Crippen molar-refractivity contribution >= 4 is 0 Å². The van der Waals surface area contributed by atoms with Gasteiger partial charge in [-0.15, -0.1) is 0 Å². The van der Waals surface area contributed by atoms with Crippen LogP contribution in [0.4, 0.5) is 0 Å². The third-order valence-corrected chi connectivity index (χ3v) is 4.52. The summed E-state index contributed by atoms with van der Waals surface area (Å²) in [6.07, 6.45) is 1.37. The minimum atomic E-state index is 0.716. The predicted molar refractivity (Wildman–Crippen MR) is 73.4 cm³/mol. The highest BCUT2D eigenvalue weighted by molar-refractivity contribution is 4.87. The van der Waals surface area contributed by atoms with Crippen LogP contribution in [0.3, 0.4) is 0 Å². The molecular formula is C14H29N3. The van der Waals surface area contributed by atoms with Crippen LogP contribution in [-0.2, 0) is 0 Å². The number of nitrogens with zero attached hydrogens (tertiary/aromatic N) is 3. The van der Waals surface area contributed by atoms with Crippen molar-refractivity contribution in [2.45, 2.75) is 52.2 Å². The Labute approximate surface area is 107 Å². The molecule has 3 nitrogen and oxygen atoms in total. The van der Waals surface area contributed by atoms with Crippen LogP contribution in [0.15, 0.2) is 0 Å². The molecule has 0 amide bonds. The van der Waals surface area contributed by atoms with Gasteiger partial charge in [-0.05, 0) is 34.1 Å². The van der Waals surface area contributed by atoms with E-state index in [0.717, 1.165) is 12.1 Å². The van der Waals surface area contributed by atoms with E-state index >= 15 is 0 Å². The fourth-order valence-electron chi connectivity index (χ4n) is 3.15. The van der Waals surface area contributed by atoms with Crippen LogP contribution < -0.4 is 0 Å². The molecule has 3 heteroatoms. The zero-order chi connectivity index (χ0) is 12.4. The second-order valence-corrected chi connectivity index (χ2v) is 6.20. The normalized spacial score (nSPS) is 29.6. The lowest BCUT2D eigenvalue weighted by Gasteiger charge is -2.39. The van der Waals surface area contributed by atoms with Gasteiger partial charge in [-0.3, -0.25) is 14.7 Å². The van der Waals surface area contributed by atoms with Crippen LogP contribution in [0.2, 0.25) is 0 Å². The van der Waals surface area contributed by atoms with Crippen molar-refractivity contribution in [3.8, 4) is 0 Å². The second-order valence-electron chi connectivity index (χ2n) is 6.20. The van der Waals surface area contributed by atoms with Crippen LogP contribution >= 0.6 is 0 Å². The Kier molecular flexibility index (Phi) is 4.45. The Hall–Kier alpha value is -0.120. The third kappa shape index (κ3) is 3.21. The molecule has 2 saturated heterocycles. The highest BCUT2D eigenvalue weighted by Gasteiger charge is 2.30. The minimum Gasteiger partial charge on any atom is -0.299 e. The Bertz CT molecular complexity index is 232. The fraction of sp³-hybridized carbons (Fsp3) is 1.00. The first-order valence-electron chi connectivity index (χ1n) is 7.30. The molecule has 17 heavy (non-hydrogen) atoms. The van der Waals surface area contributed by atoms with Crippen LogP contribution in [0.5, 0.6) is 0 Å². The van der Waals surface area contributed by atoms with Gasteiger partial charge in [0.15, 0.2) is 0 Å². The number of hydrogen-bond acceptors (Lipinski definition) is 3. The molecule has 0 aromatic rings. The van der Waals surface area contributed by atoms with Gasteiger partial charge in [0.1, 0.15) is 0 Å². The number of hydrogen-bond donors (Lipinski definition) is 0. The Morgan fingerprint density at radius 2 is 1.35 bits per heavy atom. The zero-order valence-corrected chi connectivity index (χ0v) is 12.0. The van der Waals surface area contributed by atoms with Gasteiger partial charge in [0, 0.05) is 57.4 Å². The molecule has 1 atom stereocenters. The molecule has 0 saturated carbocycles. The lowest BCUT2D eigenvalue weighted by molar-refractivity contribution is 0.0786. The van der Waals surface area contributed by atoms with E-state index in [1.807, 2.05) is 0 Å². The minimum absolute atomic E-state index is 0.716.